The summed E-state index contributed by atoms with van der Waals surface area (Å²) in [7, 11) is 0. The molecule has 1 atom stereocenters. The van der Waals surface area contributed by atoms with Crippen LogP contribution < -0.4 is 4.74 Å². The maximum absolute atomic E-state index is 10.6. The van der Waals surface area contributed by atoms with Crippen molar-refractivity contribution in [1.82, 2.24) is 0 Å². The third-order valence-corrected chi connectivity index (χ3v) is 4.53. The van der Waals surface area contributed by atoms with E-state index in [0.29, 0.717) is 11.3 Å². The highest BCUT2D eigenvalue weighted by Crippen LogP contribution is 2.46. The minimum Gasteiger partial charge on any atom is -0.507 e. The Bertz CT molecular complexity index is 639. The average Bonchev–Trinajstić information content (AvgIpc) is 2.51. The fraction of sp³-hybridized carbons (Fsp3) is 0.524. The SMILES string of the molecule is CCCCCc1cc(O)c2c(c1O)OC(C)(CCC=C(C)C)C=C2. The standard InChI is InChI=1S/C21H30O3/c1-5-6-7-10-16-14-18(22)17-11-13-21(4,12-8-9-15(2)3)24-20(17)19(16)23/h9,11,13-14,22-23H,5-8,10,12H2,1-4H3. The van der Waals surface area contributed by atoms with Gasteiger partial charge in [-0.1, -0.05) is 31.4 Å². The Balaban J connectivity index is 2.23. The first kappa shape index (κ1) is 18.4. The van der Waals surface area contributed by atoms with E-state index in [9.17, 15) is 10.2 Å². The maximum atomic E-state index is 10.6. The van der Waals surface area contributed by atoms with Gasteiger partial charge in [-0.05, 0) is 64.7 Å². The number of aromatic hydroxyl groups is 2. The Hall–Kier alpha value is -1.90. The lowest BCUT2D eigenvalue weighted by Crippen LogP contribution is -2.31. The second kappa shape index (κ2) is 7.78. The van der Waals surface area contributed by atoms with Gasteiger partial charge in [0.1, 0.15) is 11.4 Å². The zero-order chi connectivity index (χ0) is 17.7. The third-order valence-electron chi connectivity index (χ3n) is 4.53. The van der Waals surface area contributed by atoms with E-state index in [1.165, 1.54) is 5.57 Å². The number of unbranched alkanes of at least 4 members (excludes halogenated alkanes) is 2. The molecule has 0 fully saturated rings. The predicted molar refractivity (Wildman–Crippen MR) is 99.7 cm³/mol. The molecule has 2 N–H and O–H groups in total. The first-order chi connectivity index (χ1) is 11.4. The van der Waals surface area contributed by atoms with Crippen molar-refractivity contribution in [2.75, 3.05) is 0 Å². The van der Waals surface area contributed by atoms with E-state index in [1.54, 1.807) is 6.07 Å². The van der Waals surface area contributed by atoms with Crippen LogP contribution in [-0.2, 0) is 6.42 Å². The summed E-state index contributed by atoms with van der Waals surface area (Å²) in [6.45, 7) is 8.34. The van der Waals surface area contributed by atoms with Gasteiger partial charge in [0, 0.05) is 5.56 Å². The normalized spacial score (nSPS) is 18.8. The molecule has 1 aliphatic rings. The second-order valence-corrected chi connectivity index (χ2v) is 7.17. The van der Waals surface area contributed by atoms with Gasteiger partial charge in [-0.15, -0.1) is 0 Å². The van der Waals surface area contributed by atoms with E-state index >= 15 is 0 Å². The lowest BCUT2D eigenvalue weighted by atomic mass is 9.93. The van der Waals surface area contributed by atoms with Crippen LogP contribution in [0.15, 0.2) is 23.8 Å². The van der Waals surface area contributed by atoms with Crippen LogP contribution >= 0.6 is 0 Å². The number of fused-ring (bicyclic) bond motifs is 1. The largest absolute Gasteiger partial charge is 0.507 e. The number of phenols is 2. The Morgan fingerprint density at radius 1 is 1.25 bits per heavy atom. The van der Waals surface area contributed by atoms with Crippen molar-refractivity contribution in [3.05, 3.63) is 34.9 Å². The number of phenolic OH excluding ortho intramolecular Hbond substituents is 2. The topological polar surface area (TPSA) is 49.7 Å². The molecule has 0 saturated carbocycles. The van der Waals surface area contributed by atoms with Crippen molar-refractivity contribution in [3.8, 4) is 17.2 Å². The number of hydrogen-bond acceptors (Lipinski definition) is 3. The summed E-state index contributed by atoms with van der Waals surface area (Å²) in [5.41, 5.74) is 2.16. The molecule has 132 valence electrons. The van der Waals surface area contributed by atoms with E-state index < -0.39 is 5.60 Å². The first-order valence-corrected chi connectivity index (χ1v) is 8.95. The molecule has 0 saturated heterocycles. The number of rotatable bonds is 7. The van der Waals surface area contributed by atoms with Crippen LogP contribution in [0.1, 0.15) is 70.9 Å². The molecule has 0 radical (unpaired) electrons. The number of ether oxygens (including phenoxy) is 1. The van der Waals surface area contributed by atoms with Crippen LogP contribution in [-0.4, -0.2) is 15.8 Å². The van der Waals surface area contributed by atoms with Gasteiger partial charge < -0.3 is 14.9 Å². The number of benzene rings is 1. The van der Waals surface area contributed by atoms with Crippen LogP contribution in [0.5, 0.6) is 17.2 Å². The van der Waals surface area contributed by atoms with Crippen LogP contribution in [0.4, 0.5) is 0 Å². The lowest BCUT2D eigenvalue weighted by molar-refractivity contribution is 0.123. The zero-order valence-electron chi connectivity index (χ0n) is 15.4. The first-order valence-electron chi connectivity index (χ1n) is 8.95. The third kappa shape index (κ3) is 4.34. The molecule has 1 aliphatic heterocycles. The van der Waals surface area contributed by atoms with Crippen LogP contribution in [0.25, 0.3) is 6.08 Å². The minimum absolute atomic E-state index is 0.177. The minimum atomic E-state index is -0.467. The monoisotopic (exact) mass is 330 g/mol. The highest BCUT2D eigenvalue weighted by molar-refractivity contribution is 5.72. The van der Waals surface area contributed by atoms with Gasteiger partial charge in [-0.25, -0.2) is 0 Å². The van der Waals surface area contributed by atoms with E-state index in [1.807, 2.05) is 19.1 Å². The molecule has 24 heavy (non-hydrogen) atoms. The Labute approximate surface area is 145 Å². The summed E-state index contributed by atoms with van der Waals surface area (Å²) in [6, 6.07) is 1.67. The summed E-state index contributed by atoms with van der Waals surface area (Å²) in [4.78, 5) is 0. The van der Waals surface area contributed by atoms with Gasteiger partial charge >= 0.3 is 0 Å². The van der Waals surface area contributed by atoms with E-state index in [0.717, 1.165) is 44.1 Å². The highest BCUT2D eigenvalue weighted by Gasteiger charge is 2.30. The number of aryl methyl sites for hydroxylation is 1. The van der Waals surface area contributed by atoms with E-state index in [4.69, 9.17) is 4.74 Å². The van der Waals surface area contributed by atoms with Crippen molar-refractivity contribution < 1.29 is 14.9 Å². The van der Waals surface area contributed by atoms with Crippen molar-refractivity contribution in [3.63, 3.8) is 0 Å². The van der Waals surface area contributed by atoms with Gasteiger partial charge in [0.2, 0.25) is 0 Å². The molecule has 0 aliphatic carbocycles. The Kier molecular flexibility index (Phi) is 5.98. The number of hydrogen-bond donors (Lipinski definition) is 2. The fourth-order valence-corrected chi connectivity index (χ4v) is 3.03. The van der Waals surface area contributed by atoms with Crippen molar-refractivity contribution >= 4 is 6.08 Å². The molecule has 1 unspecified atom stereocenters. The van der Waals surface area contributed by atoms with Crippen molar-refractivity contribution in [2.45, 2.75) is 71.8 Å². The van der Waals surface area contributed by atoms with Crippen LogP contribution in [0, 0.1) is 0 Å². The molecule has 0 amide bonds. The summed E-state index contributed by atoms with van der Waals surface area (Å²) < 4.78 is 6.13. The smallest absolute Gasteiger partial charge is 0.173 e. The summed E-state index contributed by atoms with van der Waals surface area (Å²) >= 11 is 0. The molecule has 0 aromatic heterocycles. The Morgan fingerprint density at radius 3 is 2.67 bits per heavy atom. The molecular formula is C21H30O3. The summed E-state index contributed by atoms with van der Waals surface area (Å²) in [5.74, 6) is 0.775. The molecule has 2 rings (SSSR count). The van der Waals surface area contributed by atoms with Crippen LogP contribution in [0.3, 0.4) is 0 Å². The van der Waals surface area contributed by atoms with Gasteiger partial charge in [-0.3, -0.25) is 0 Å². The average molecular weight is 330 g/mol. The van der Waals surface area contributed by atoms with E-state index in [-0.39, 0.29) is 11.5 Å². The van der Waals surface area contributed by atoms with E-state index in [2.05, 4.69) is 26.8 Å². The Morgan fingerprint density at radius 2 is 2.00 bits per heavy atom. The molecule has 1 aromatic carbocycles. The second-order valence-electron chi connectivity index (χ2n) is 7.17. The van der Waals surface area contributed by atoms with Gasteiger partial charge in [-0.2, -0.15) is 0 Å². The molecule has 3 nitrogen and oxygen atoms in total. The molecule has 0 spiro atoms. The van der Waals surface area contributed by atoms with Crippen molar-refractivity contribution in [2.24, 2.45) is 0 Å². The molecule has 1 heterocycles. The molecule has 3 heteroatoms. The van der Waals surface area contributed by atoms with Gasteiger partial charge in [0.05, 0.1) is 5.56 Å². The predicted octanol–water partition coefficient (Wildman–Crippen LogP) is 5.74. The van der Waals surface area contributed by atoms with Crippen LogP contribution in [0.2, 0.25) is 0 Å². The lowest BCUT2D eigenvalue weighted by Gasteiger charge is -2.32. The quantitative estimate of drug-likeness (QED) is 0.381. The fourth-order valence-electron chi connectivity index (χ4n) is 3.03. The molecule has 1 aromatic rings. The summed E-state index contributed by atoms with van der Waals surface area (Å²) in [6.07, 6.45) is 11.8. The summed E-state index contributed by atoms with van der Waals surface area (Å²) in [5, 5.41) is 20.9. The highest BCUT2D eigenvalue weighted by atomic mass is 16.5. The van der Waals surface area contributed by atoms with Gasteiger partial charge in [0.25, 0.3) is 0 Å². The molecular weight excluding hydrogens is 300 g/mol. The molecule has 0 bridgehead atoms. The maximum Gasteiger partial charge on any atom is 0.173 e. The number of allylic oxidation sites excluding steroid dienone is 2. The van der Waals surface area contributed by atoms with Crippen molar-refractivity contribution in [1.29, 1.82) is 0 Å². The zero-order valence-corrected chi connectivity index (χ0v) is 15.4. The van der Waals surface area contributed by atoms with Gasteiger partial charge in [0.15, 0.2) is 11.5 Å².